The van der Waals surface area contributed by atoms with Gasteiger partial charge in [0.25, 0.3) is 0 Å². The summed E-state index contributed by atoms with van der Waals surface area (Å²) in [5, 5.41) is 7.47. The lowest BCUT2D eigenvalue weighted by molar-refractivity contribution is -0.612. The number of rotatable bonds is 6. The topological polar surface area (TPSA) is 38.8 Å². The summed E-state index contributed by atoms with van der Waals surface area (Å²) in [4.78, 5) is 5.22. The van der Waals surface area contributed by atoms with Crippen molar-refractivity contribution < 1.29 is 5.32 Å². The van der Waals surface area contributed by atoms with E-state index >= 15 is 0 Å². The highest BCUT2D eigenvalue weighted by Gasteiger charge is 2.29. The Morgan fingerprint density at radius 3 is 1.87 bits per heavy atom. The van der Waals surface area contributed by atoms with Crippen molar-refractivity contribution in [3.05, 3.63) is 157 Å². The molecule has 0 aliphatic rings. The van der Waals surface area contributed by atoms with Gasteiger partial charge in [0.1, 0.15) is 0 Å². The molecule has 1 atom stereocenters. The molecule has 218 valence electrons. The smallest absolute Gasteiger partial charge is 0.233 e. The van der Waals surface area contributed by atoms with Gasteiger partial charge in [-0.15, -0.1) is 0 Å². The first-order valence-electron chi connectivity index (χ1n) is 15.7. The third-order valence-corrected chi connectivity index (χ3v) is 8.91. The first-order valence-corrected chi connectivity index (χ1v) is 15.7. The Bertz CT molecular complexity index is 2310. The minimum absolute atomic E-state index is 0.0412. The molecule has 4 nitrogen and oxygen atoms in total. The third-order valence-electron chi connectivity index (χ3n) is 8.91. The fourth-order valence-corrected chi connectivity index (χ4v) is 6.88. The van der Waals surface area contributed by atoms with Crippen LogP contribution in [-0.2, 0) is 0 Å². The molecule has 6 aromatic carbocycles. The van der Waals surface area contributed by atoms with Gasteiger partial charge in [-0.1, -0.05) is 111 Å². The zero-order valence-corrected chi connectivity index (χ0v) is 25.5. The number of aromatic nitrogens is 2. The van der Waals surface area contributed by atoms with E-state index in [4.69, 9.17) is 4.99 Å². The first-order chi connectivity index (χ1) is 22.2. The molecule has 4 heteroatoms. The van der Waals surface area contributed by atoms with Crippen LogP contribution in [0.1, 0.15) is 25.6 Å². The van der Waals surface area contributed by atoms with Gasteiger partial charge in [0.2, 0.25) is 5.84 Å². The highest BCUT2D eigenvalue weighted by atomic mass is 15.2. The van der Waals surface area contributed by atoms with Crippen LogP contribution in [0.25, 0.3) is 49.3 Å². The Morgan fingerprint density at radius 1 is 0.556 bits per heavy atom. The molecule has 0 aliphatic heterocycles. The van der Waals surface area contributed by atoms with Crippen LogP contribution < -0.4 is 5.32 Å². The molecule has 0 radical (unpaired) electrons. The van der Waals surface area contributed by atoms with Crippen molar-refractivity contribution in [2.75, 3.05) is 0 Å². The molecule has 0 saturated heterocycles. The van der Waals surface area contributed by atoms with E-state index in [1.807, 2.05) is 18.2 Å². The van der Waals surface area contributed by atoms with Crippen molar-refractivity contribution in [2.24, 2.45) is 10.9 Å². The average Bonchev–Trinajstić information content (AvgIpc) is 3.60. The van der Waals surface area contributed by atoms with Gasteiger partial charge in [0.15, 0.2) is 6.17 Å². The normalized spacial score (nSPS) is 13.0. The van der Waals surface area contributed by atoms with E-state index in [1.165, 1.54) is 49.3 Å². The molecule has 0 fully saturated rings. The Morgan fingerprint density at radius 2 is 1.16 bits per heavy atom. The molecule has 0 bridgehead atoms. The standard InChI is InChI=1S/C41H34N4/c1-28(2)41(43-40(29-16-6-3-7-17-29)42-30-18-8-4-9-19-30)45-35-24-14-12-22-32(35)33-26-27-37-38(39(33)45)34-23-13-15-25-36(34)44(37)31-20-10-5-11-21-31/h3-28,41H,1-2H3,(H,42,43)/p+1. The van der Waals surface area contributed by atoms with Crippen molar-refractivity contribution in [1.29, 1.82) is 0 Å². The summed E-state index contributed by atoms with van der Waals surface area (Å²) in [7, 11) is 0. The third kappa shape index (κ3) is 4.62. The van der Waals surface area contributed by atoms with Crippen LogP contribution in [0.15, 0.2) is 157 Å². The summed E-state index contributed by atoms with van der Waals surface area (Å²) in [5.41, 5.74) is 8.15. The van der Waals surface area contributed by atoms with Crippen molar-refractivity contribution in [3.8, 4) is 5.69 Å². The molecule has 2 heterocycles. The Kier molecular flexibility index (Phi) is 6.77. The minimum atomic E-state index is 0.0412. The number of hydrogen-bond donors (Lipinski definition) is 1. The van der Waals surface area contributed by atoms with Gasteiger partial charge < -0.3 is 4.57 Å². The van der Waals surface area contributed by atoms with E-state index in [-0.39, 0.29) is 6.17 Å². The van der Waals surface area contributed by atoms with Crippen LogP contribution in [0.2, 0.25) is 0 Å². The molecular weight excluding hydrogens is 548 g/mol. The van der Waals surface area contributed by atoms with Crippen LogP contribution in [0.3, 0.4) is 0 Å². The zero-order valence-electron chi connectivity index (χ0n) is 25.5. The molecule has 0 spiro atoms. The number of fused-ring (bicyclic) bond motifs is 7. The summed E-state index contributed by atoms with van der Waals surface area (Å²) >= 11 is 0. The number of benzene rings is 6. The van der Waals surface area contributed by atoms with E-state index in [9.17, 15) is 0 Å². The van der Waals surface area contributed by atoms with Crippen molar-refractivity contribution in [1.82, 2.24) is 9.13 Å². The van der Waals surface area contributed by atoms with Crippen molar-refractivity contribution in [3.63, 3.8) is 0 Å². The van der Waals surface area contributed by atoms with Gasteiger partial charge in [0, 0.05) is 33.2 Å². The van der Waals surface area contributed by atoms with Crippen LogP contribution in [0, 0.1) is 5.92 Å². The predicted octanol–water partition coefficient (Wildman–Crippen LogP) is 9.39. The summed E-state index contributed by atoms with van der Waals surface area (Å²) in [6, 6.07) is 53.9. The fourth-order valence-electron chi connectivity index (χ4n) is 6.88. The van der Waals surface area contributed by atoms with Gasteiger partial charge in [-0.3, -0.25) is 9.88 Å². The number of para-hydroxylation sites is 4. The number of nitrogens with two attached hydrogens (primary N) is 1. The minimum Gasteiger partial charge on any atom is -0.309 e. The zero-order chi connectivity index (χ0) is 30.3. The summed E-state index contributed by atoms with van der Waals surface area (Å²) < 4.78 is 5.00. The van der Waals surface area contributed by atoms with Crippen LogP contribution >= 0.6 is 0 Å². The highest BCUT2D eigenvalue weighted by molar-refractivity contribution is 6.25. The molecule has 2 aromatic heterocycles. The maximum Gasteiger partial charge on any atom is 0.233 e. The average molecular weight is 584 g/mol. The first kappa shape index (κ1) is 27.1. The Balaban J connectivity index is 1.44. The fraction of sp³-hybridized carbons (Fsp3) is 0.0976. The summed E-state index contributed by atoms with van der Waals surface area (Å²) in [6.07, 6.45) is 0.0412. The molecule has 45 heavy (non-hydrogen) atoms. The van der Waals surface area contributed by atoms with E-state index in [0.29, 0.717) is 5.92 Å². The summed E-state index contributed by atoms with van der Waals surface area (Å²) in [6.45, 7) is 4.64. The molecular formula is C41H35N4+. The lowest BCUT2D eigenvalue weighted by Gasteiger charge is -2.24. The van der Waals surface area contributed by atoms with E-state index in [2.05, 4.69) is 162 Å². The second kappa shape index (κ2) is 11.2. The number of hydrogen-bond acceptors (Lipinski definition) is 1. The lowest BCUT2D eigenvalue weighted by atomic mass is 10.1. The second-order valence-corrected chi connectivity index (χ2v) is 12.0. The molecule has 0 aliphatic carbocycles. The van der Waals surface area contributed by atoms with Crippen LogP contribution in [0.4, 0.5) is 5.69 Å². The molecule has 2 N–H and O–H groups in total. The van der Waals surface area contributed by atoms with E-state index < -0.39 is 0 Å². The second-order valence-electron chi connectivity index (χ2n) is 12.0. The van der Waals surface area contributed by atoms with Gasteiger partial charge in [-0.25, -0.2) is 0 Å². The van der Waals surface area contributed by atoms with E-state index in [1.54, 1.807) is 0 Å². The predicted molar refractivity (Wildman–Crippen MR) is 189 cm³/mol. The SMILES string of the molecule is CC(C)C([NH2+]C(=Nc1ccccc1)c1ccccc1)n1c2ccccc2c2ccc3c(c4ccccc4n3-c3ccccc3)c21. The van der Waals surface area contributed by atoms with Gasteiger partial charge in [0.05, 0.1) is 33.3 Å². The number of aliphatic imine (C=N–C) groups is 1. The molecule has 0 saturated carbocycles. The van der Waals surface area contributed by atoms with Gasteiger partial charge in [-0.05, 0) is 54.6 Å². The largest absolute Gasteiger partial charge is 0.309 e. The molecule has 8 aromatic rings. The monoisotopic (exact) mass is 583 g/mol. The maximum absolute atomic E-state index is 5.22. The maximum atomic E-state index is 5.22. The lowest BCUT2D eigenvalue weighted by Crippen LogP contribution is -2.91. The molecule has 8 rings (SSSR count). The molecule has 0 amide bonds. The number of amidine groups is 1. The molecule has 1 unspecified atom stereocenters. The van der Waals surface area contributed by atoms with Crippen LogP contribution in [0.5, 0.6) is 0 Å². The van der Waals surface area contributed by atoms with Crippen molar-refractivity contribution in [2.45, 2.75) is 20.0 Å². The highest BCUT2D eigenvalue weighted by Crippen LogP contribution is 2.41. The summed E-state index contributed by atoms with van der Waals surface area (Å²) in [5.74, 6) is 1.27. The number of quaternary nitrogens is 1. The van der Waals surface area contributed by atoms with E-state index in [0.717, 1.165) is 17.1 Å². The Labute approximate surface area is 262 Å². The van der Waals surface area contributed by atoms with Gasteiger partial charge >= 0.3 is 0 Å². The number of nitrogens with zero attached hydrogens (tertiary/aromatic N) is 3. The van der Waals surface area contributed by atoms with Crippen LogP contribution in [-0.4, -0.2) is 15.0 Å². The van der Waals surface area contributed by atoms with Gasteiger partial charge in [-0.2, -0.15) is 4.99 Å². The quantitative estimate of drug-likeness (QED) is 0.150. The van der Waals surface area contributed by atoms with Crippen molar-refractivity contribution >= 4 is 55.1 Å². The Hall–Kier alpha value is -5.45.